The Kier molecular flexibility index (Phi) is 7.42. The van der Waals surface area contributed by atoms with Gasteiger partial charge >= 0.3 is 12.1 Å². The van der Waals surface area contributed by atoms with Crippen molar-refractivity contribution in [3.8, 4) is 22.4 Å². The molecule has 3 fully saturated rings. The Labute approximate surface area is 265 Å². The van der Waals surface area contributed by atoms with Crippen molar-refractivity contribution in [1.29, 1.82) is 0 Å². The van der Waals surface area contributed by atoms with Crippen LogP contribution in [0.4, 0.5) is 4.79 Å². The molecular weight excluding hydrogens is 582 g/mol. The number of carboxylic acids is 1. The molecule has 46 heavy (non-hydrogen) atoms. The normalized spacial score (nSPS) is 22.0. The van der Waals surface area contributed by atoms with Crippen molar-refractivity contribution in [3.63, 3.8) is 0 Å². The molecule has 8 rings (SSSR count). The van der Waals surface area contributed by atoms with E-state index in [0.717, 1.165) is 94.5 Å². The molecule has 1 amide bonds. The second-order valence-electron chi connectivity index (χ2n) is 12.9. The van der Waals surface area contributed by atoms with Gasteiger partial charge in [0, 0.05) is 11.6 Å². The van der Waals surface area contributed by atoms with Gasteiger partial charge in [0.25, 0.3) is 0 Å². The number of hydrogen-bond acceptors (Lipinski definition) is 7. The summed E-state index contributed by atoms with van der Waals surface area (Å²) in [6.45, 7) is 1.22. The maximum absolute atomic E-state index is 12.2. The summed E-state index contributed by atoms with van der Waals surface area (Å²) in [4.78, 5) is 40.1. The first-order valence-electron chi connectivity index (χ1n) is 16.2. The zero-order valence-electron chi connectivity index (χ0n) is 25.4. The van der Waals surface area contributed by atoms with Crippen LogP contribution < -0.4 is 16.0 Å². The number of alkyl carbamates (subject to hydrolysis) is 1. The number of carbonyl (C=O) groups is 2. The highest BCUT2D eigenvalue weighted by Crippen LogP contribution is 2.34. The Morgan fingerprint density at radius 1 is 0.891 bits per heavy atom. The Hall–Kier alpha value is -4.74. The minimum absolute atomic E-state index is 0.00332. The van der Waals surface area contributed by atoms with Gasteiger partial charge in [-0.2, -0.15) is 0 Å². The number of fused-ring (bicyclic) bond motifs is 2. The van der Waals surface area contributed by atoms with Crippen LogP contribution in [0.15, 0.2) is 60.8 Å². The van der Waals surface area contributed by atoms with Crippen molar-refractivity contribution in [2.45, 2.75) is 62.7 Å². The SMILES string of the molecule is O=C(N[C@H](C(=O)O)C1CC1)OCC1CC[C@@H](c2ncc(-c3ccc4cc(-c5ccc6nc([C@@H]7CCCN7)[nH]c6c5)ccc4c3)[nH]2)N1. The van der Waals surface area contributed by atoms with E-state index in [1.54, 1.807) is 0 Å². The van der Waals surface area contributed by atoms with E-state index < -0.39 is 18.1 Å². The molecule has 5 aromatic rings. The number of carboxylic acid groups (broad SMARTS) is 1. The highest BCUT2D eigenvalue weighted by atomic mass is 16.5. The fraction of sp³-hybridized carbons (Fsp3) is 0.371. The Morgan fingerprint density at radius 2 is 1.67 bits per heavy atom. The van der Waals surface area contributed by atoms with E-state index >= 15 is 0 Å². The van der Waals surface area contributed by atoms with E-state index in [2.05, 4.69) is 85.5 Å². The van der Waals surface area contributed by atoms with Crippen molar-refractivity contribution in [1.82, 2.24) is 35.9 Å². The number of amides is 1. The van der Waals surface area contributed by atoms with Crippen LogP contribution in [0.5, 0.6) is 0 Å². The second kappa shape index (κ2) is 11.9. The van der Waals surface area contributed by atoms with Crippen LogP contribution in [0.25, 0.3) is 44.2 Å². The van der Waals surface area contributed by atoms with Crippen LogP contribution >= 0.6 is 0 Å². The van der Waals surface area contributed by atoms with Gasteiger partial charge < -0.3 is 35.8 Å². The number of aromatic amines is 2. The van der Waals surface area contributed by atoms with E-state index in [-0.39, 0.29) is 24.6 Å². The molecule has 11 nitrogen and oxygen atoms in total. The van der Waals surface area contributed by atoms with Crippen LogP contribution in [0.2, 0.25) is 0 Å². The number of H-pyrrole nitrogens is 2. The third kappa shape index (κ3) is 5.83. The number of aromatic nitrogens is 4. The largest absolute Gasteiger partial charge is 0.480 e. The average molecular weight is 620 g/mol. The van der Waals surface area contributed by atoms with Gasteiger partial charge in [0.05, 0.1) is 35.0 Å². The van der Waals surface area contributed by atoms with Gasteiger partial charge in [-0.1, -0.05) is 30.3 Å². The lowest BCUT2D eigenvalue weighted by Crippen LogP contribution is -2.43. The monoisotopic (exact) mass is 619 g/mol. The van der Waals surface area contributed by atoms with Crippen LogP contribution in [0, 0.1) is 5.92 Å². The van der Waals surface area contributed by atoms with Crippen molar-refractivity contribution in [2.75, 3.05) is 13.2 Å². The lowest BCUT2D eigenvalue weighted by atomic mass is 9.99. The molecule has 2 aromatic heterocycles. The molecule has 1 saturated carbocycles. The first-order chi connectivity index (χ1) is 22.5. The van der Waals surface area contributed by atoms with E-state index in [0.29, 0.717) is 6.04 Å². The highest BCUT2D eigenvalue weighted by Gasteiger charge is 2.38. The fourth-order valence-corrected chi connectivity index (χ4v) is 6.87. The molecular formula is C35H37N7O4. The lowest BCUT2D eigenvalue weighted by Gasteiger charge is -2.16. The van der Waals surface area contributed by atoms with Gasteiger partial charge in [0.1, 0.15) is 24.3 Å². The summed E-state index contributed by atoms with van der Waals surface area (Å²) in [5.74, 6) is 0.857. The maximum Gasteiger partial charge on any atom is 0.407 e. The summed E-state index contributed by atoms with van der Waals surface area (Å²) in [6, 6.07) is 18.9. The summed E-state index contributed by atoms with van der Waals surface area (Å²) in [5, 5.41) is 21.1. The van der Waals surface area contributed by atoms with E-state index in [1.807, 2.05) is 6.20 Å². The van der Waals surface area contributed by atoms with Crippen LogP contribution in [0.3, 0.4) is 0 Å². The molecule has 3 aromatic carbocycles. The lowest BCUT2D eigenvalue weighted by molar-refractivity contribution is -0.139. The highest BCUT2D eigenvalue weighted by molar-refractivity contribution is 5.91. The fourth-order valence-electron chi connectivity index (χ4n) is 6.87. The molecule has 4 heterocycles. The minimum atomic E-state index is -1.02. The van der Waals surface area contributed by atoms with Gasteiger partial charge in [0.2, 0.25) is 0 Å². The summed E-state index contributed by atoms with van der Waals surface area (Å²) in [7, 11) is 0. The third-order valence-corrected chi connectivity index (χ3v) is 9.59. The first kappa shape index (κ1) is 28.7. The molecule has 4 atom stereocenters. The summed E-state index contributed by atoms with van der Waals surface area (Å²) in [6.07, 6.45) is 6.80. The van der Waals surface area contributed by atoms with E-state index in [9.17, 15) is 14.7 Å². The number of carbonyl (C=O) groups excluding carboxylic acids is 1. The number of aliphatic carboxylic acids is 1. The minimum Gasteiger partial charge on any atom is -0.480 e. The van der Waals surface area contributed by atoms with Crippen molar-refractivity contribution in [2.24, 2.45) is 5.92 Å². The number of rotatable bonds is 9. The molecule has 2 saturated heterocycles. The van der Waals surface area contributed by atoms with Crippen LogP contribution in [0.1, 0.15) is 62.3 Å². The summed E-state index contributed by atoms with van der Waals surface area (Å²) >= 11 is 0. The molecule has 11 heteroatoms. The van der Waals surface area contributed by atoms with Crippen molar-refractivity contribution >= 4 is 33.9 Å². The van der Waals surface area contributed by atoms with Gasteiger partial charge in [-0.05, 0) is 97.2 Å². The first-order valence-corrected chi connectivity index (χ1v) is 16.2. The number of nitrogens with one attached hydrogen (secondary N) is 5. The Morgan fingerprint density at radius 3 is 2.46 bits per heavy atom. The van der Waals surface area contributed by atoms with Gasteiger partial charge in [0.15, 0.2) is 0 Å². The predicted octanol–water partition coefficient (Wildman–Crippen LogP) is 5.58. The number of benzene rings is 3. The van der Waals surface area contributed by atoms with Crippen molar-refractivity contribution in [3.05, 3.63) is 72.4 Å². The second-order valence-corrected chi connectivity index (χ2v) is 12.9. The van der Waals surface area contributed by atoms with Gasteiger partial charge in [-0.25, -0.2) is 19.6 Å². The predicted molar refractivity (Wildman–Crippen MR) is 174 cm³/mol. The molecule has 0 radical (unpaired) electrons. The topological polar surface area (TPSA) is 157 Å². The molecule has 0 spiro atoms. The standard InChI is InChI=1S/C35H37N7O4/c43-34(44)31(19-3-4-19)42-35(45)46-18-25-10-12-28(38-25)32-37-17-30(41-32)24-8-7-20-14-21(5-6-22(20)15-24)23-9-11-26-29(16-23)40-33(39-26)27-2-1-13-36-27/h5-9,11,14-17,19,25,27-28,31,36,38H,1-4,10,12-13,18H2,(H,37,41)(H,39,40)(H,42,45)(H,43,44)/t25?,27-,28-,31-/m0/s1. The molecule has 0 bridgehead atoms. The number of nitrogens with zero attached hydrogens (tertiary/aromatic N) is 2. The maximum atomic E-state index is 12.2. The van der Waals surface area contributed by atoms with E-state index in [4.69, 9.17) is 9.72 Å². The average Bonchev–Trinajstić information content (AvgIpc) is 3.53. The van der Waals surface area contributed by atoms with Gasteiger partial charge in [-0.15, -0.1) is 0 Å². The van der Waals surface area contributed by atoms with Crippen LogP contribution in [-0.4, -0.2) is 62.3 Å². The van der Waals surface area contributed by atoms with Gasteiger partial charge in [-0.3, -0.25) is 0 Å². The number of imidazole rings is 2. The Balaban J connectivity index is 0.908. The molecule has 6 N–H and O–H groups in total. The smallest absolute Gasteiger partial charge is 0.407 e. The van der Waals surface area contributed by atoms with Crippen LogP contribution in [-0.2, 0) is 9.53 Å². The van der Waals surface area contributed by atoms with E-state index in [1.165, 1.54) is 6.42 Å². The summed E-state index contributed by atoms with van der Waals surface area (Å²) in [5.41, 5.74) is 6.38. The Bertz CT molecular complexity index is 1920. The molecule has 3 aliphatic rings. The summed E-state index contributed by atoms with van der Waals surface area (Å²) < 4.78 is 5.35. The number of ether oxygens (including phenoxy) is 1. The zero-order valence-corrected chi connectivity index (χ0v) is 25.4. The van der Waals surface area contributed by atoms with Crippen molar-refractivity contribution < 1.29 is 19.4 Å². The number of hydrogen-bond donors (Lipinski definition) is 6. The third-order valence-electron chi connectivity index (χ3n) is 9.59. The molecule has 2 aliphatic heterocycles. The molecule has 1 unspecified atom stereocenters. The zero-order chi connectivity index (χ0) is 31.2. The molecule has 1 aliphatic carbocycles. The quantitative estimate of drug-likeness (QED) is 0.125. The molecule has 236 valence electrons.